The van der Waals surface area contributed by atoms with E-state index in [0.29, 0.717) is 0 Å². The van der Waals surface area contributed by atoms with Crippen LogP contribution in [0, 0.1) is 0 Å². The fourth-order valence-electron chi connectivity index (χ4n) is 13.8. The van der Waals surface area contributed by atoms with Crippen LogP contribution in [0.4, 0.5) is 0 Å². The minimum absolute atomic E-state index is 0.00900. The van der Waals surface area contributed by atoms with Gasteiger partial charge in [0.25, 0.3) is 146 Å². The van der Waals surface area contributed by atoms with Crippen LogP contribution in [0.1, 0.15) is 19.8 Å². The van der Waals surface area contributed by atoms with Crippen molar-refractivity contribution in [2.45, 2.75) is 52.0 Å². The maximum atomic E-state index is 16.6. The van der Waals surface area contributed by atoms with Gasteiger partial charge in [0.2, 0.25) is 123 Å². The topological polar surface area (TPSA) is 831 Å². The van der Waals surface area contributed by atoms with Crippen LogP contribution in [0.2, 0.25) is 32.2 Å². The summed E-state index contributed by atoms with van der Waals surface area (Å²) in [6.45, 7) is -63.8. The highest BCUT2D eigenvalue weighted by atomic mass is 30.5. The van der Waals surface area contributed by atoms with Crippen molar-refractivity contribution in [3.05, 3.63) is 0 Å². The van der Waals surface area contributed by atoms with Crippen LogP contribution in [0.15, 0.2) is 0 Å². The second kappa shape index (κ2) is 55.5. The Kier molecular flexibility index (Phi) is 60.0. The van der Waals surface area contributed by atoms with Crippen molar-refractivity contribution in [3.8, 4) is 0 Å². The summed E-state index contributed by atoms with van der Waals surface area (Å²) < 4.78 is 150. The van der Waals surface area contributed by atoms with E-state index < -0.39 is 458 Å². The molecule has 0 radical (unpaired) electrons. The summed E-state index contributed by atoms with van der Waals surface area (Å²) in [5, 5.41) is 0. The lowest BCUT2D eigenvalue weighted by Gasteiger charge is -2.75. The molecule has 0 aliphatic heterocycles. The van der Waals surface area contributed by atoms with Crippen molar-refractivity contribution in [2.75, 3.05) is 7.11 Å². The van der Waals surface area contributed by atoms with E-state index in [-0.39, 0.29) is 12.8 Å². The van der Waals surface area contributed by atoms with Gasteiger partial charge < -0.3 is 232 Å². The highest BCUT2D eigenvalue weighted by molar-refractivity contribution is 8.31. The molecule has 0 rings (SSSR count). The summed E-state index contributed by atoms with van der Waals surface area (Å²) in [5.74, 6) is 0. The van der Waals surface area contributed by atoms with Crippen LogP contribution in [0.25, 0.3) is 0 Å². The van der Waals surface area contributed by atoms with Crippen molar-refractivity contribution >= 4 is 452 Å². The Balaban J connectivity index is 17.1. The summed E-state index contributed by atoms with van der Waals surface area (Å²) >= 11 is 0. The fraction of sp³-hybridized carbons (Fsp3) is 1.00. The summed E-state index contributed by atoms with van der Waals surface area (Å²) in [4.78, 5) is 418. The van der Waals surface area contributed by atoms with E-state index in [9.17, 15) is 149 Å². The molecule has 0 aliphatic rings. The number of rotatable bonds is 71. The molecule has 5 atom stereocenters. The van der Waals surface area contributed by atoms with E-state index in [0.717, 1.165) is 26.8 Å². The van der Waals surface area contributed by atoms with Gasteiger partial charge in [0.05, 0.1) is 0 Å². The summed E-state index contributed by atoms with van der Waals surface area (Å²) in [6, 6.07) is -0.730. The average molecular weight is 2510 g/mol. The van der Waals surface area contributed by atoms with E-state index in [4.69, 9.17) is 74.4 Å². The Morgan fingerprint density at radius 3 is 0.786 bits per heavy atom. The predicted octanol–water partition coefficient (Wildman–Crippen LogP) is -52.4. The number of hydrogen-bond donors (Lipinski definition) is 32. The first-order valence-corrected chi connectivity index (χ1v) is 162. The lowest BCUT2D eigenvalue weighted by Crippen LogP contribution is -3.19. The van der Waals surface area contributed by atoms with E-state index in [1.165, 1.54) is 6.55 Å². The first-order valence-electron chi connectivity index (χ1n) is 33.7. The molecule has 0 aromatic carbocycles. The standard InChI is InChI=1S/C9H122O51Si52/c1-7-8-9-94(42)109(54-72-20,96(6,61)43-2)111(58-99(77-25,78-26)46-64-12,112(107(89-37,90-38)52-70-18,108(91-39,92-40)53-71-19)59-100(79-27,80-28)47-65-13)102(55-95(4,5)93(3)41,110(105(85-33,86-34)50-68-16,106(87-35,88-36)51-69-17)57-98(75-23,76-24)45-63-11)60-101(103(81-29,82-30)48-66-14,104(83-31,84-32)49-67-15)56-97(73-21,74-22)44-62-10/h10-40,42,94H,7-9,62-92H2,1-6,61H3. The van der Waals surface area contributed by atoms with Crippen molar-refractivity contribution < 1.29 is 232 Å². The van der Waals surface area contributed by atoms with E-state index in [2.05, 4.69) is 0 Å². The monoisotopic (exact) mass is 2500 g/mol. The Bertz CT molecular complexity index is 2510. The average Bonchev–Trinajstić information content (AvgIpc) is 0.620. The highest BCUT2D eigenvalue weighted by Gasteiger charge is 3.05. The van der Waals surface area contributed by atoms with Gasteiger partial charge in [-0.3, -0.25) is 0 Å². The lowest BCUT2D eigenvalue weighted by molar-refractivity contribution is 0.308. The second-order valence-corrected chi connectivity index (χ2v) is 322. The lowest BCUT2D eigenvalue weighted by atomic mass is 10.4. The van der Waals surface area contributed by atoms with Gasteiger partial charge in [0, 0.05) is 16.9 Å². The quantitative estimate of drug-likeness (QED) is 0.0251. The minimum atomic E-state index is -8.66. The third kappa shape index (κ3) is 23.3. The molecule has 0 aromatic rings. The van der Waals surface area contributed by atoms with Gasteiger partial charge >= 0.3 is 45.6 Å². The van der Waals surface area contributed by atoms with Gasteiger partial charge in [0.1, 0.15) is 0 Å². The fourth-order valence-corrected chi connectivity index (χ4v) is 1030. The molecular weight excluding hydrogens is 2380 g/mol. The second-order valence-electron chi connectivity index (χ2n) is 25.8. The molecule has 0 spiro atoms. The first kappa shape index (κ1) is 121. The van der Waals surface area contributed by atoms with Crippen molar-refractivity contribution in [2.24, 2.45) is 0 Å². The number of unbranched alkanes of at least 4 members (excludes halogenated alkanes) is 1. The van der Waals surface area contributed by atoms with Crippen molar-refractivity contribution in [1.29, 1.82) is 0 Å². The Morgan fingerprint density at radius 2 is 0.554 bits per heavy atom. The van der Waals surface area contributed by atoms with Crippen LogP contribution in [0.3, 0.4) is 0 Å². The predicted molar refractivity (Wildman–Crippen MR) is 532 cm³/mol. The molecule has 112 heavy (non-hydrogen) atoms. The Morgan fingerprint density at radius 1 is 0.312 bits per heavy atom. The van der Waals surface area contributed by atoms with E-state index in [1.54, 1.807) is 6.92 Å². The third-order valence-corrected chi connectivity index (χ3v) is 570. The molecule has 0 bridgehead atoms. The molecular formula is C9H122O51Si52. The SMILES string of the molecule is CCCC[SiH](O)[Si](O[SiH2]O)([Si](C)([SiH3])OC)[Si](O[Si](O[SiH2]O)([SiH2]O)[SiH2]O)([Si](O[Si](C)(C)[Si](C)=O)(O[Si](O[Si](O[SiH2]O)([SiH2]O)[SiH2]O)([Si](O[SiH2]O)([SiH2]O)[SiH2]O)[Si](O[SiH2]O)([SiH2]O)[SiH2]O)[Si](O[Si](O[SiH2]O)([SiH2]O)[SiH2]O)([Si](O[SiH2]O)([SiH2]O)[SiH2]O)[Si](O[SiH2]O)([SiH2]O)[SiH2]O)[Si](O[Si](O[SiH2]O)([SiH2]O)[SiH2]O)([Si](O[SiH2]O)([SiH2]O)[SiH2]O)[Si](O[SiH2]O)([SiH2]O)[SiH2]O. The summed E-state index contributed by atoms with van der Waals surface area (Å²) in [5.41, 5.74) is 0. The van der Waals surface area contributed by atoms with Gasteiger partial charge in [-0.05, 0) is 32.2 Å². The molecule has 32 N–H and O–H groups in total. The normalized spacial score (nSPS) is 25.6. The minimum Gasteiger partial charge on any atom is -0.442 e. The van der Waals surface area contributed by atoms with Gasteiger partial charge in [-0.2, -0.15) is 0 Å². The summed E-state index contributed by atoms with van der Waals surface area (Å²) in [7, 11) is -179. The van der Waals surface area contributed by atoms with Gasteiger partial charge in [-0.15, -0.1) is 0 Å². The van der Waals surface area contributed by atoms with Gasteiger partial charge in [0.15, 0.2) is 127 Å². The zero-order valence-corrected chi connectivity index (χ0v) is 129. The number of hydrogen-bond acceptors (Lipinski definition) is 51. The first-order chi connectivity index (χ1) is 52.9. The Hall–Kier alpha value is 9.08. The molecule has 103 heteroatoms. The van der Waals surface area contributed by atoms with Gasteiger partial charge in [-0.1, -0.05) is 19.8 Å². The third-order valence-electron chi connectivity index (χ3n) is 19.9. The maximum Gasteiger partial charge on any atom is 0.337 e. The van der Waals surface area contributed by atoms with E-state index >= 15 is 9.26 Å². The molecule has 51 nitrogen and oxygen atoms in total. The Labute approximate surface area is 734 Å². The van der Waals surface area contributed by atoms with Crippen molar-refractivity contribution in [1.82, 2.24) is 0 Å². The van der Waals surface area contributed by atoms with Crippen molar-refractivity contribution in [3.63, 3.8) is 0 Å². The molecule has 0 saturated carbocycles. The van der Waals surface area contributed by atoms with Crippen LogP contribution >= 0.6 is 0 Å². The van der Waals surface area contributed by atoms with Gasteiger partial charge in [-0.25, -0.2) is 0 Å². The zero-order valence-electron chi connectivity index (χ0n) is 63.2. The van der Waals surface area contributed by atoms with Crippen LogP contribution in [-0.2, 0) is 78.8 Å². The zero-order chi connectivity index (χ0) is 86.9. The van der Waals surface area contributed by atoms with E-state index in [1.807, 2.05) is 0 Å². The summed E-state index contributed by atoms with van der Waals surface area (Å²) in [6.07, 6.45) is -0.283. The van der Waals surface area contributed by atoms with Crippen LogP contribution in [-0.4, -0.2) is 612 Å². The van der Waals surface area contributed by atoms with Crippen LogP contribution < -0.4 is 0 Å². The molecule has 0 fully saturated rings. The molecule has 0 heterocycles. The smallest absolute Gasteiger partial charge is 0.337 e. The molecule has 0 aliphatic carbocycles. The van der Waals surface area contributed by atoms with Crippen LogP contribution in [0.5, 0.6) is 0 Å². The highest BCUT2D eigenvalue weighted by Crippen LogP contribution is 2.59. The molecule has 5 unspecified atom stereocenters. The molecule has 0 saturated heterocycles. The molecule has 672 valence electrons. The maximum absolute atomic E-state index is 16.6. The molecule has 0 amide bonds. The molecule has 0 aromatic heterocycles. The largest absolute Gasteiger partial charge is 0.442 e.